The van der Waals surface area contributed by atoms with Crippen LogP contribution in [0.5, 0.6) is 0 Å². The zero-order valence-corrected chi connectivity index (χ0v) is 52.5. The molecule has 0 atom stereocenters. The average molecular weight is 1080 g/mol. The van der Waals surface area contributed by atoms with Crippen LogP contribution in [0.2, 0.25) is 0 Å². The minimum Gasteiger partial charge on any atom is -0.310 e. The lowest BCUT2D eigenvalue weighted by atomic mass is 9.55. The minimum absolute atomic E-state index is 0.0439. The highest BCUT2D eigenvalue weighted by Gasteiger charge is 2.66. The molecule has 82 heavy (non-hydrogen) atoms. The van der Waals surface area contributed by atoms with Gasteiger partial charge < -0.3 is 9.80 Å². The smallest absolute Gasteiger partial charge is 0.0520 e. The van der Waals surface area contributed by atoms with E-state index in [1.807, 2.05) is 0 Å². The van der Waals surface area contributed by atoms with Crippen LogP contribution in [0.3, 0.4) is 0 Å². The molecule has 2 nitrogen and oxygen atoms in total. The van der Waals surface area contributed by atoms with Gasteiger partial charge in [0.05, 0.1) is 11.4 Å². The molecule has 0 aromatic heterocycles. The molecule has 8 aromatic rings. The number of rotatable bonds is 16. The Morgan fingerprint density at radius 2 is 0.683 bits per heavy atom. The van der Waals surface area contributed by atoms with Crippen molar-refractivity contribution in [2.45, 2.75) is 196 Å². The topological polar surface area (TPSA) is 6.48 Å². The number of anilines is 6. The molecule has 0 spiro atoms. The van der Waals surface area contributed by atoms with E-state index in [1.165, 1.54) is 163 Å². The van der Waals surface area contributed by atoms with E-state index in [0.29, 0.717) is 11.8 Å². The first-order chi connectivity index (χ1) is 39.2. The van der Waals surface area contributed by atoms with E-state index in [4.69, 9.17) is 0 Å². The molecule has 3 aliphatic rings. The fourth-order valence-corrected chi connectivity index (χ4v) is 15.7. The first-order valence-corrected chi connectivity index (χ1v) is 31.6. The normalized spacial score (nSPS) is 19.1. The highest BCUT2D eigenvalue weighted by molar-refractivity contribution is 5.89. The van der Waals surface area contributed by atoms with Crippen molar-refractivity contribution in [3.63, 3.8) is 0 Å². The van der Waals surface area contributed by atoms with Gasteiger partial charge in [-0.3, -0.25) is 0 Å². The van der Waals surface area contributed by atoms with Crippen molar-refractivity contribution in [1.82, 2.24) is 0 Å². The summed E-state index contributed by atoms with van der Waals surface area (Å²) in [5.74, 6) is 1.05. The molecule has 2 heteroatoms. The van der Waals surface area contributed by atoms with Gasteiger partial charge >= 0.3 is 0 Å². The first kappa shape index (κ1) is 57.2. The number of benzene rings is 8. The van der Waals surface area contributed by atoms with Crippen LogP contribution in [0.25, 0.3) is 11.1 Å². The monoisotopic (exact) mass is 1080 g/mol. The summed E-state index contributed by atoms with van der Waals surface area (Å²) in [6.45, 7) is 32.4. The van der Waals surface area contributed by atoms with Gasteiger partial charge in [-0.15, -0.1) is 0 Å². The maximum atomic E-state index is 2.72. The lowest BCUT2D eigenvalue weighted by Gasteiger charge is -2.48. The van der Waals surface area contributed by atoms with Crippen LogP contribution in [0.4, 0.5) is 34.1 Å². The number of unbranched alkanes of at least 4 members (excludes halogenated alkanes) is 2. The van der Waals surface area contributed by atoms with Crippen LogP contribution < -0.4 is 9.80 Å². The fourth-order valence-electron chi connectivity index (χ4n) is 15.7. The van der Waals surface area contributed by atoms with Crippen LogP contribution in [-0.4, -0.2) is 0 Å². The van der Waals surface area contributed by atoms with Crippen molar-refractivity contribution in [1.29, 1.82) is 0 Å². The molecule has 2 fully saturated rings. The van der Waals surface area contributed by atoms with E-state index in [9.17, 15) is 0 Å². The van der Waals surface area contributed by atoms with E-state index in [2.05, 4.69) is 264 Å². The van der Waals surface area contributed by atoms with E-state index in [-0.39, 0.29) is 21.7 Å². The van der Waals surface area contributed by atoms with Crippen LogP contribution in [0, 0.1) is 53.4 Å². The molecule has 0 bridgehead atoms. The number of hydrogen-bond acceptors (Lipinski definition) is 2. The van der Waals surface area contributed by atoms with Crippen LogP contribution >= 0.6 is 0 Å². The van der Waals surface area contributed by atoms with E-state index >= 15 is 0 Å². The third kappa shape index (κ3) is 10.8. The lowest BCUT2D eigenvalue weighted by Crippen LogP contribution is -2.43. The number of aryl methyl sites for hydroxylation is 8. The maximum Gasteiger partial charge on any atom is 0.0520 e. The average Bonchev–Trinajstić information content (AvgIpc) is 2.64. The molecule has 0 heterocycles. The van der Waals surface area contributed by atoms with Crippen molar-refractivity contribution in [2.24, 2.45) is 11.8 Å². The van der Waals surface area contributed by atoms with Gasteiger partial charge in [0.2, 0.25) is 0 Å². The summed E-state index contributed by atoms with van der Waals surface area (Å²) >= 11 is 0. The summed E-state index contributed by atoms with van der Waals surface area (Å²) in [4.78, 5) is 5.23. The number of fused-ring (bicyclic) bond motifs is 3. The van der Waals surface area contributed by atoms with Crippen molar-refractivity contribution < 1.29 is 0 Å². The van der Waals surface area contributed by atoms with Crippen molar-refractivity contribution >= 4 is 34.1 Å². The van der Waals surface area contributed by atoms with Gasteiger partial charge in [0, 0.05) is 33.6 Å². The maximum absolute atomic E-state index is 2.72. The molecule has 0 radical (unpaired) electrons. The first-order valence-electron chi connectivity index (χ1n) is 31.6. The summed E-state index contributed by atoms with van der Waals surface area (Å²) in [7, 11) is 0. The molecule has 8 aromatic carbocycles. The van der Waals surface area contributed by atoms with Gasteiger partial charge in [0.15, 0.2) is 0 Å². The number of hydrogen-bond donors (Lipinski definition) is 0. The third-order valence-electron chi connectivity index (χ3n) is 19.8. The van der Waals surface area contributed by atoms with Gasteiger partial charge in [-0.25, -0.2) is 0 Å². The second kappa shape index (κ2) is 22.5. The van der Waals surface area contributed by atoms with Gasteiger partial charge in [0.25, 0.3) is 0 Å². The Balaban J connectivity index is 1.15. The lowest BCUT2D eigenvalue weighted by molar-refractivity contribution is 0.299. The standard InChI is InChI=1S/C80H94N2/c1-15-17-19-59-25-29-61(30-26-59)45-63-49-79-51-64(46-62-31-27-60(28-32-62)20-18-16-2)52-80(79,50-63)74-48-70(82(68-35-23-54(4)24-36-68)76-57(7)43-66(44-58(76)8)78(12,13)14)38-40-72(74)71-39-37-69(47-73(71)79)81(67-33-21-53(3)22-34-67)75-55(5)41-65(42-56(75)6)77(9,10)11/h21-44,47-48,63-64H,15-20,45-46,49-52H2,1-14H3/t63?,64?,79-,80+. The molecule has 2 saturated carbocycles. The molecule has 11 rings (SSSR count). The molecular formula is C80H94N2. The highest BCUT2D eigenvalue weighted by Crippen LogP contribution is 2.73. The SMILES string of the molecule is CCCCc1ccc(CC2C[C@]34CC(Cc5ccc(CCCC)cc5)C[C@@]3(C2)c2cc(N(c3ccc(C)cc3)c3c(C)cc(C(C)(C)C)cc3C)ccc2-c2ccc(N(c3ccc(C)cc3)c3c(C)cc(C(C)(C)C)cc3C)cc24)cc1. The predicted molar refractivity (Wildman–Crippen MR) is 353 cm³/mol. The molecule has 0 aliphatic heterocycles. The Hall–Kier alpha value is -6.64. The fraction of sp³-hybridized carbons (Fsp3) is 0.400. The van der Waals surface area contributed by atoms with Crippen LogP contribution in [-0.2, 0) is 47.3 Å². The Labute approximate surface area is 495 Å². The largest absolute Gasteiger partial charge is 0.310 e. The van der Waals surface area contributed by atoms with Crippen LogP contribution in [0.15, 0.2) is 158 Å². The summed E-state index contributed by atoms with van der Waals surface area (Å²) in [5.41, 5.74) is 29.9. The third-order valence-corrected chi connectivity index (χ3v) is 19.8. The van der Waals surface area contributed by atoms with E-state index < -0.39 is 0 Å². The highest BCUT2D eigenvalue weighted by atomic mass is 15.2. The van der Waals surface area contributed by atoms with Crippen molar-refractivity contribution in [2.75, 3.05) is 9.80 Å². The minimum atomic E-state index is -0.0879. The van der Waals surface area contributed by atoms with E-state index in [0.717, 1.165) is 25.7 Å². The van der Waals surface area contributed by atoms with Gasteiger partial charge in [0.1, 0.15) is 0 Å². The molecule has 0 amide bonds. The second-order valence-corrected chi connectivity index (χ2v) is 28.2. The number of nitrogens with zero attached hydrogens (tertiary/aromatic N) is 2. The zero-order chi connectivity index (χ0) is 57.9. The zero-order valence-electron chi connectivity index (χ0n) is 52.5. The van der Waals surface area contributed by atoms with E-state index in [1.54, 1.807) is 11.1 Å². The van der Waals surface area contributed by atoms with Gasteiger partial charge in [-0.1, -0.05) is 189 Å². The summed E-state index contributed by atoms with van der Waals surface area (Å²) in [6, 6.07) is 63.6. The summed E-state index contributed by atoms with van der Waals surface area (Å²) in [6.07, 6.45) is 14.2. The summed E-state index contributed by atoms with van der Waals surface area (Å²) in [5, 5.41) is 0. The second-order valence-electron chi connectivity index (χ2n) is 28.2. The predicted octanol–water partition coefficient (Wildman–Crippen LogP) is 22.2. The molecule has 424 valence electrons. The Kier molecular flexibility index (Phi) is 15.7. The molecule has 3 aliphatic carbocycles. The van der Waals surface area contributed by atoms with Crippen molar-refractivity contribution in [3.8, 4) is 11.1 Å². The molecule has 0 N–H and O–H groups in total. The van der Waals surface area contributed by atoms with Gasteiger partial charge in [-0.2, -0.15) is 0 Å². The summed E-state index contributed by atoms with van der Waals surface area (Å²) < 4.78 is 0. The van der Waals surface area contributed by atoms with Gasteiger partial charge in [-0.05, 0) is 255 Å². The molecule has 0 unspecified atom stereocenters. The Bertz CT molecular complexity index is 3280. The quantitative estimate of drug-likeness (QED) is 0.0951. The van der Waals surface area contributed by atoms with Crippen molar-refractivity contribution in [3.05, 3.63) is 236 Å². The molecule has 0 saturated heterocycles. The Morgan fingerprint density at radius 3 is 0.988 bits per heavy atom. The molecular weight excluding hydrogens is 989 g/mol. The Morgan fingerprint density at radius 1 is 0.378 bits per heavy atom. The van der Waals surface area contributed by atoms with Crippen LogP contribution in [0.1, 0.15) is 185 Å².